The number of anilines is 1. The van der Waals surface area contributed by atoms with Crippen molar-refractivity contribution >= 4 is 11.9 Å². The second-order valence-electron chi connectivity index (χ2n) is 6.45. The van der Waals surface area contributed by atoms with Crippen LogP contribution in [0.2, 0.25) is 0 Å². The van der Waals surface area contributed by atoms with Gasteiger partial charge in [-0.2, -0.15) is 4.98 Å². The number of hydrogen-bond acceptors (Lipinski definition) is 6. The van der Waals surface area contributed by atoms with E-state index in [4.69, 9.17) is 4.74 Å². The predicted molar refractivity (Wildman–Crippen MR) is 92.5 cm³/mol. The van der Waals surface area contributed by atoms with Gasteiger partial charge in [-0.15, -0.1) is 0 Å². The normalized spacial score (nSPS) is 22.6. The van der Waals surface area contributed by atoms with Gasteiger partial charge in [0.05, 0.1) is 7.11 Å². The highest BCUT2D eigenvalue weighted by molar-refractivity contribution is 5.83. The van der Waals surface area contributed by atoms with Crippen LogP contribution in [0.4, 0.5) is 5.95 Å². The van der Waals surface area contributed by atoms with E-state index < -0.39 is 0 Å². The van der Waals surface area contributed by atoms with Gasteiger partial charge in [0.15, 0.2) is 0 Å². The SMILES string of the molecule is COc1ccnc(N2CCN(C(=O)[C@@H]3C[C@@H]3c3cccnc3)CC2)n1. The van der Waals surface area contributed by atoms with E-state index in [0.717, 1.165) is 19.5 Å². The van der Waals surface area contributed by atoms with Gasteiger partial charge in [0.25, 0.3) is 0 Å². The first-order valence-electron chi connectivity index (χ1n) is 8.57. The smallest absolute Gasteiger partial charge is 0.228 e. The van der Waals surface area contributed by atoms with E-state index in [9.17, 15) is 4.79 Å². The molecule has 2 aliphatic rings. The van der Waals surface area contributed by atoms with Crippen molar-refractivity contribution in [2.45, 2.75) is 12.3 Å². The Morgan fingerprint density at radius 2 is 2.04 bits per heavy atom. The highest BCUT2D eigenvalue weighted by Gasteiger charge is 2.46. The number of rotatable bonds is 4. The molecular weight excluding hydrogens is 318 g/mol. The van der Waals surface area contributed by atoms with Crippen LogP contribution in [0, 0.1) is 5.92 Å². The quantitative estimate of drug-likeness (QED) is 0.837. The summed E-state index contributed by atoms with van der Waals surface area (Å²) >= 11 is 0. The number of piperazine rings is 1. The number of methoxy groups -OCH3 is 1. The van der Waals surface area contributed by atoms with Crippen LogP contribution in [-0.4, -0.2) is 59.0 Å². The summed E-state index contributed by atoms with van der Waals surface area (Å²) in [5.41, 5.74) is 1.17. The lowest BCUT2D eigenvalue weighted by atomic mass is 10.1. The van der Waals surface area contributed by atoms with Crippen molar-refractivity contribution in [2.24, 2.45) is 5.92 Å². The van der Waals surface area contributed by atoms with Crippen molar-refractivity contribution in [1.82, 2.24) is 19.9 Å². The predicted octanol–water partition coefficient (Wildman–Crippen LogP) is 1.33. The third kappa shape index (κ3) is 3.26. The zero-order chi connectivity index (χ0) is 17.2. The molecule has 2 fully saturated rings. The lowest BCUT2D eigenvalue weighted by molar-refractivity contribution is -0.133. The van der Waals surface area contributed by atoms with E-state index in [-0.39, 0.29) is 11.8 Å². The van der Waals surface area contributed by atoms with Gasteiger partial charge >= 0.3 is 0 Å². The minimum Gasteiger partial charge on any atom is -0.481 e. The average Bonchev–Trinajstić information content (AvgIpc) is 3.49. The Balaban J connectivity index is 1.34. The number of carbonyl (C=O) groups excluding carboxylic acids is 1. The fourth-order valence-corrected chi connectivity index (χ4v) is 3.39. The van der Waals surface area contributed by atoms with Crippen LogP contribution in [0.25, 0.3) is 0 Å². The van der Waals surface area contributed by atoms with Crippen LogP contribution in [0.5, 0.6) is 5.88 Å². The molecule has 25 heavy (non-hydrogen) atoms. The summed E-state index contributed by atoms with van der Waals surface area (Å²) in [6, 6.07) is 5.72. The number of pyridine rings is 1. The first-order valence-corrected chi connectivity index (χ1v) is 8.57. The molecule has 0 radical (unpaired) electrons. The molecule has 2 aromatic heterocycles. The number of amides is 1. The van der Waals surface area contributed by atoms with E-state index in [0.29, 0.717) is 30.8 Å². The zero-order valence-corrected chi connectivity index (χ0v) is 14.2. The Kier molecular flexibility index (Phi) is 4.21. The number of ether oxygens (including phenoxy) is 1. The Morgan fingerprint density at radius 3 is 2.76 bits per heavy atom. The van der Waals surface area contributed by atoms with Gasteiger partial charge in [0.1, 0.15) is 0 Å². The molecule has 2 atom stereocenters. The molecule has 0 spiro atoms. The van der Waals surface area contributed by atoms with E-state index in [1.807, 2.05) is 17.2 Å². The van der Waals surface area contributed by atoms with Crippen LogP contribution in [0.15, 0.2) is 36.8 Å². The lowest BCUT2D eigenvalue weighted by Crippen LogP contribution is -2.49. The van der Waals surface area contributed by atoms with Crippen LogP contribution < -0.4 is 9.64 Å². The summed E-state index contributed by atoms with van der Waals surface area (Å²) in [5, 5.41) is 0. The molecule has 0 unspecified atom stereocenters. The van der Waals surface area contributed by atoms with Gasteiger partial charge in [0, 0.05) is 56.8 Å². The summed E-state index contributed by atoms with van der Waals surface area (Å²) in [4.78, 5) is 29.6. The maximum Gasteiger partial charge on any atom is 0.228 e. The van der Waals surface area contributed by atoms with Crippen LogP contribution >= 0.6 is 0 Å². The summed E-state index contributed by atoms with van der Waals surface area (Å²) in [5.74, 6) is 1.93. The summed E-state index contributed by atoms with van der Waals surface area (Å²) < 4.78 is 5.15. The Morgan fingerprint density at radius 1 is 1.20 bits per heavy atom. The molecule has 0 N–H and O–H groups in total. The number of carbonyl (C=O) groups is 1. The molecule has 130 valence electrons. The molecule has 1 amide bonds. The minimum absolute atomic E-state index is 0.115. The van der Waals surface area contributed by atoms with Crippen LogP contribution in [-0.2, 0) is 4.79 Å². The van der Waals surface area contributed by atoms with Crippen LogP contribution in [0.3, 0.4) is 0 Å². The molecule has 1 aliphatic carbocycles. The molecule has 1 saturated heterocycles. The van der Waals surface area contributed by atoms with E-state index in [1.54, 1.807) is 25.6 Å². The fraction of sp³-hybridized carbons (Fsp3) is 0.444. The molecule has 0 bridgehead atoms. The topological polar surface area (TPSA) is 71.5 Å². The van der Waals surface area contributed by atoms with Crippen molar-refractivity contribution < 1.29 is 9.53 Å². The van der Waals surface area contributed by atoms with Gasteiger partial charge in [-0.3, -0.25) is 9.78 Å². The standard InChI is InChI=1S/C18H21N5O2/c1-25-16-4-6-20-18(21-16)23-9-7-22(8-10-23)17(24)15-11-14(15)13-3-2-5-19-12-13/h2-6,12,14-15H,7-11H2,1H3/t14-,15-/m1/s1. The molecule has 7 nitrogen and oxygen atoms in total. The third-order valence-electron chi connectivity index (χ3n) is 4.92. The van der Waals surface area contributed by atoms with E-state index >= 15 is 0 Å². The van der Waals surface area contributed by atoms with E-state index in [1.165, 1.54) is 5.56 Å². The van der Waals surface area contributed by atoms with Crippen molar-refractivity contribution in [3.63, 3.8) is 0 Å². The van der Waals surface area contributed by atoms with Crippen molar-refractivity contribution in [2.75, 3.05) is 38.2 Å². The molecule has 0 aromatic carbocycles. The van der Waals surface area contributed by atoms with Gasteiger partial charge < -0.3 is 14.5 Å². The molecular formula is C18H21N5O2. The Hall–Kier alpha value is -2.70. The molecule has 3 heterocycles. The Bertz CT molecular complexity index is 746. The van der Waals surface area contributed by atoms with Crippen molar-refractivity contribution in [3.05, 3.63) is 42.4 Å². The summed E-state index contributed by atoms with van der Waals surface area (Å²) in [6.07, 6.45) is 6.27. The maximum atomic E-state index is 12.7. The highest BCUT2D eigenvalue weighted by atomic mass is 16.5. The number of hydrogen-bond donors (Lipinski definition) is 0. The van der Waals surface area contributed by atoms with Gasteiger partial charge in [-0.05, 0) is 24.0 Å². The first kappa shape index (κ1) is 15.8. The first-order chi connectivity index (χ1) is 12.3. The molecule has 4 rings (SSSR count). The molecule has 1 saturated carbocycles. The number of nitrogens with zero attached hydrogens (tertiary/aromatic N) is 5. The highest BCUT2D eigenvalue weighted by Crippen LogP contribution is 2.48. The second kappa shape index (κ2) is 6.66. The second-order valence-corrected chi connectivity index (χ2v) is 6.45. The minimum atomic E-state index is 0.115. The zero-order valence-electron chi connectivity index (χ0n) is 14.2. The largest absolute Gasteiger partial charge is 0.481 e. The summed E-state index contributed by atoms with van der Waals surface area (Å²) in [6.45, 7) is 2.89. The lowest BCUT2D eigenvalue weighted by Gasteiger charge is -2.35. The van der Waals surface area contributed by atoms with Gasteiger partial charge in [-0.1, -0.05) is 6.07 Å². The fourth-order valence-electron chi connectivity index (χ4n) is 3.39. The average molecular weight is 339 g/mol. The van der Waals surface area contributed by atoms with Crippen molar-refractivity contribution in [3.8, 4) is 5.88 Å². The monoisotopic (exact) mass is 339 g/mol. The summed E-state index contributed by atoms with van der Waals surface area (Å²) in [7, 11) is 1.59. The van der Waals surface area contributed by atoms with Gasteiger partial charge in [0.2, 0.25) is 17.7 Å². The van der Waals surface area contributed by atoms with Gasteiger partial charge in [-0.25, -0.2) is 4.98 Å². The molecule has 7 heteroatoms. The Labute approximate surface area is 146 Å². The molecule has 2 aromatic rings. The van der Waals surface area contributed by atoms with E-state index in [2.05, 4.69) is 25.9 Å². The maximum absolute atomic E-state index is 12.7. The molecule has 1 aliphatic heterocycles. The van der Waals surface area contributed by atoms with Crippen LogP contribution in [0.1, 0.15) is 17.9 Å². The van der Waals surface area contributed by atoms with Crippen molar-refractivity contribution in [1.29, 1.82) is 0 Å². The number of aromatic nitrogens is 3. The third-order valence-corrected chi connectivity index (χ3v) is 4.92.